The number of rotatable bonds is 0. The number of imide groups is 1. The summed E-state index contributed by atoms with van der Waals surface area (Å²) in [6.45, 7) is 12.2. The van der Waals surface area contributed by atoms with Crippen LogP contribution in [0.25, 0.3) is 0 Å². The van der Waals surface area contributed by atoms with Gasteiger partial charge in [-0.3, -0.25) is 14.9 Å². The van der Waals surface area contributed by atoms with Crippen LogP contribution in [0.15, 0.2) is 0 Å². The highest BCUT2D eigenvalue weighted by Gasteiger charge is 2.15. The lowest BCUT2D eigenvalue weighted by atomic mass is 10.4. The average Bonchev–Trinajstić information content (AvgIpc) is 2.58. The summed E-state index contributed by atoms with van der Waals surface area (Å²) in [5.41, 5.74) is 0. The minimum Gasteiger partial charge on any atom is -0.296 e. The van der Waals surface area contributed by atoms with E-state index in [1.54, 1.807) is 0 Å². The molecule has 1 aliphatic heterocycles. The molecular weight excluding hydrogens is 178 g/mol. The van der Waals surface area contributed by atoms with Gasteiger partial charge in [-0.1, -0.05) is 48.0 Å². The van der Waals surface area contributed by atoms with Gasteiger partial charge in [-0.2, -0.15) is 0 Å². The molecule has 0 aromatic rings. The molecule has 14 heavy (non-hydrogen) atoms. The first-order chi connectivity index (χ1) is 6.70. The molecule has 1 rings (SSSR count). The zero-order chi connectivity index (χ0) is 12.0. The number of carbonyl (C=O) groups is 2. The summed E-state index contributed by atoms with van der Waals surface area (Å²) >= 11 is 0. The van der Waals surface area contributed by atoms with Crippen LogP contribution in [0.3, 0.4) is 0 Å². The van der Waals surface area contributed by atoms with E-state index in [1.807, 2.05) is 27.7 Å². The molecule has 0 atom stereocenters. The van der Waals surface area contributed by atoms with E-state index in [2.05, 4.69) is 19.2 Å². The third-order valence-corrected chi connectivity index (χ3v) is 0.858. The first-order valence-corrected chi connectivity index (χ1v) is 5.53. The van der Waals surface area contributed by atoms with Crippen LogP contribution in [0.1, 0.15) is 60.8 Å². The fraction of sp³-hybridized carbons (Fsp3) is 0.818. The van der Waals surface area contributed by atoms with Gasteiger partial charge in [-0.25, -0.2) is 0 Å². The highest BCUT2D eigenvalue weighted by atomic mass is 16.2. The van der Waals surface area contributed by atoms with Crippen molar-refractivity contribution in [2.45, 2.75) is 60.8 Å². The van der Waals surface area contributed by atoms with Crippen molar-refractivity contribution < 1.29 is 9.59 Å². The quantitative estimate of drug-likeness (QED) is 0.615. The van der Waals surface area contributed by atoms with E-state index >= 15 is 0 Å². The average molecular weight is 203 g/mol. The molecule has 0 bridgehead atoms. The Bertz CT molecular complexity index is 119. The van der Waals surface area contributed by atoms with Gasteiger partial charge in [0.05, 0.1) is 0 Å². The van der Waals surface area contributed by atoms with Crippen molar-refractivity contribution in [3.63, 3.8) is 0 Å². The Morgan fingerprint density at radius 1 is 0.929 bits per heavy atom. The van der Waals surface area contributed by atoms with Crippen molar-refractivity contribution in [2.24, 2.45) is 0 Å². The summed E-state index contributed by atoms with van der Waals surface area (Å²) in [4.78, 5) is 20.2. The molecule has 0 aromatic heterocycles. The second-order valence-corrected chi connectivity index (χ2v) is 2.18. The minimum atomic E-state index is -0.148. The van der Waals surface area contributed by atoms with Crippen molar-refractivity contribution in [1.29, 1.82) is 0 Å². The Kier molecular flexibility index (Phi) is 24.3. The monoisotopic (exact) mass is 203 g/mol. The number of hydrogen-bond acceptors (Lipinski definition) is 2. The predicted molar refractivity (Wildman–Crippen MR) is 61.0 cm³/mol. The Hall–Kier alpha value is -0.860. The minimum absolute atomic E-state index is 0.148. The van der Waals surface area contributed by atoms with Crippen molar-refractivity contribution in [1.82, 2.24) is 5.32 Å². The first-order valence-electron chi connectivity index (χ1n) is 5.53. The maximum atomic E-state index is 10.1. The SMILES string of the molecule is CC.CC.CCC.O=C1CCC(=O)N1. The summed E-state index contributed by atoms with van der Waals surface area (Å²) in [6.07, 6.45) is 2.00. The van der Waals surface area contributed by atoms with E-state index in [9.17, 15) is 9.59 Å². The Labute approximate surface area is 88.3 Å². The van der Waals surface area contributed by atoms with Gasteiger partial charge in [0.2, 0.25) is 11.8 Å². The molecule has 1 saturated heterocycles. The van der Waals surface area contributed by atoms with Crippen LogP contribution < -0.4 is 5.32 Å². The van der Waals surface area contributed by atoms with Crippen LogP contribution in [-0.4, -0.2) is 11.8 Å². The summed E-state index contributed by atoms with van der Waals surface area (Å²) < 4.78 is 0. The molecule has 0 spiro atoms. The van der Waals surface area contributed by atoms with Crippen LogP contribution in [0.4, 0.5) is 0 Å². The largest absolute Gasteiger partial charge is 0.296 e. The highest BCUT2D eigenvalue weighted by Crippen LogP contribution is 1.95. The molecule has 1 aliphatic rings. The van der Waals surface area contributed by atoms with Gasteiger partial charge >= 0.3 is 0 Å². The van der Waals surface area contributed by atoms with Crippen molar-refractivity contribution in [3.05, 3.63) is 0 Å². The molecule has 3 nitrogen and oxygen atoms in total. The lowest BCUT2D eigenvalue weighted by Gasteiger charge is -1.79. The lowest BCUT2D eigenvalue weighted by molar-refractivity contribution is -0.124. The zero-order valence-electron chi connectivity index (χ0n) is 10.4. The maximum Gasteiger partial charge on any atom is 0.227 e. The molecule has 0 saturated carbocycles. The summed E-state index contributed by atoms with van der Waals surface area (Å²) in [5, 5.41) is 2.14. The van der Waals surface area contributed by atoms with Crippen molar-refractivity contribution >= 4 is 11.8 Å². The fourth-order valence-electron chi connectivity index (χ4n) is 0.508. The van der Waals surface area contributed by atoms with Crippen molar-refractivity contribution in [3.8, 4) is 0 Å². The Morgan fingerprint density at radius 2 is 1.14 bits per heavy atom. The Balaban J connectivity index is -0.000000148. The molecular formula is C11H25NO2. The van der Waals surface area contributed by atoms with Gasteiger partial charge in [0, 0.05) is 12.8 Å². The van der Waals surface area contributed by atoms with Gasteiger partial charge in [-0.15, -0.1) is 0 Å². The smallest absolute Gasteiger partial charge is 0.227 e. The van der Waals surface area contributed by atoms with Gasteiger partial charge in [-0.05, 0) is 0 Å². The molecule has 1 fully saturated rings. The van der Waals surface area contributed by atoms with Gasteiger partial charge in [0.15, 0.2) is 0 Å². The van der Waals surface area contributed by atoms with E-state index in [1.165, 1.54) is 6.42 Å². The summed E-state index contributed by atoms with van der Waals surface area (Å²) in [6, 6.07) is 0. The van der Waals surface area contributed by atoms with Crippen LogP contribution >= 0.6 is 0 Å². The highest BCUT2D eigenvalue weighted by molar-refractivity contribution is 6.01. The predicted octanol–water partition coefficient (Wildman–Crippen LogP) is 2.89. The van der Waals surface area contributed by atoms with E-state index in [0.717, 1.165) is 0 Å². The molecule has 0 unspecified atom stereocenters. The molecule has 0 aliphatic carbocycles. The third kappa shape index (κ3) is 17.3. The van der Waals surface area contributed by atoms with Crippen LogP contribution in [0, 0.1) is 0 Å². The molecule has 2 amide bonds. The van der Waals surface area contributed by atoms with E-state index in [4.69, 9.17) is 0 Å². The number of carbonyl (C=O) groups excluding carboxylic acids is 2. The first kappa shape index (κ1) is 18.8. The third-order valence-electron chi connectivity index (χ3n) is 0.858. The van der Waals surface area contributed by atoms with Crippen LogP contribution in [0.5, 0.6) is 0 Å². The standard InChI is InChI=1S/C4H5NO2.C3H8.2C2H6/c6-3-1-2-4(7)5-3;1-3-2;2*1-2/h1-2H2,(H,5,6,7);3H2,1-2H3;2*1-2H3. The van der Waals surface area contributed by atoms with E-state index in [-0.39, 0.29) is 11.8 Å². The fourth-order valence-corrected chi connectivity index (χ4v) is 0.508. The molecule has 0 radical (unpaired) electrons. The second kappa shape index (κ2) is 18.0. The molecule has 3 heteroatoms. The van der Waals surface area contributed by atoms with Crippen LogP contribution in [-0.2, 0) is 9.59 Å². The molecule has 1 heterocycles. The summed E-state index contributed by atoms with van der Waals surface area (Å²) in [7, 11) is 0. The lowest BCUT2D eigenvalue weighted by Crippen LogP contribution is -2.18. The zero-order valence-corrected chi connectivity index (χ0v) is 10.4. The van der Waals surface area contributed by atoms with Gasteiger partial charge in [0.25, 0.3) is 0 Å². The van der Waals surface area contributed by atoms with E-state index < -0.39 is 0 Å². The topological polar surface area (TPSA) is 46.2 Å². The normalized spacial score (nSPS) is 12.1. The molecule has 86 valence electrons. The van der Waals surface area contributed by atoms with Gasteiger partial charge in [0.1, 0.15) is 0 Å². The second-order valence-electron chi connectivity index (χ2n) is 2.18. The van der Waals surface area contributed by atoms with E-state index in [0.29, 0.717) is 12.8 Å². The maximum absolute atomic E-state index is 10.1. The van der Waals surface area contributed by atoms with Gasteiger partial charge < -0.3 is 0 Å². The number of nitrogens with one attached hydrogen (secondary N) is 1. The molecule has 1 N–H and O–H groups in total. The van der Waals surface area contributed by atoms with Crippen molar-refractivity contribution in [2.75, 3.05) is 0 Å². The summed E-state index contributed by atoms with van der Waals surface area (Å²) in [5.74, 6) is -0.296. The van der Waals surface area contributed by atoms with Crippen LogP contribution in [0.2, 0.25) is 0 Å². The molecule has 0 aromatic carbocycles. The number of amides is 2. The number of hydrogen-bond donors (Lipinski definition) is 1. The Morgan fingerprint density at radius 3 is 1.21 bits per heavy atom.